The van der Waals surface area contributed by atoms with E-state index >= 15 is 0 Å². The minimum Gasteiger partial charge on any atom is -0.365 e. The highest BCUT2D eigenvalue weighted by molar-refractivity contribution is 5.12. The van der Waals surface area contributed by atoms with E-state index in [0.717, 1.165) is 6.42 Å². The molecule has 0 aromatic heterocycles. The van der Waals surface area contributed by atoms with Crippen molar-refractivity contribution in [3.05, 3.63) is 12.2 Å². The second-order valence-corrected chi connectivity index (χ2v) is 1.80. The molecule has 32 valence electrons. The highest BCUT2D eigenvalue weighted by Gasteiger charge is 2.38. The Balaban J connectivity index is 2.26. The van der Waals surface area contributed by atoms with Crippen LogP contribution in [0.15, 0.2) is 12.2 Å². The zero-order valence-electron chi connectivity index (χ0n) is 3.42. The van der Waals surface area contributed by atoms with E-state index in [-0.39, 0.29) is 0 Å². The van der Waals surface area contributed by atoms with Gasteiger partial charge in [-0.1, -0.05) is 12.2 Å². The van der Waals surface area contributed by atoms with Crippen LogP contribution in [-0.2, 0) is 4.74 Å². The molecule has 1 aliphatic carbocycles. The van der Waals surface area contributed by atoms with Gasteiger partial charge in [0.05, 0.1) is 6.10 Å². The Labute approximate surface area is 36.6 Å². The summed E-state index contributed by atoms with van der Waals surface area (Å²) in [5, 5.41) is 0. The first-order valence-corrected chi connectivity index (χ1v) is 2.29. The maximum Gasteiger partial charge on any atom is 0.103 e. The fourth-order valence-electron chi connectivity index (χ4n) is 0.862. The maximum absolute atomic E-state index is 5.07. The lowest BCUT2D eigenvalue weighted by atomic mass is 10.4. The Morgan fingerprint density at radius 2 is 2.67 bits per heavy atom. The molecule has 1 nitrogen and oxygen atoms in total. The van der Waals surface area contributed by atoms with Crippen molar-refractivity contribution in [2.75, 3.05) is 0 Å². The Bertz CT molecular complexity index is 96.1. The summed E-state index contributed by atoms with van der Waals surface area (Å²) in [6.07, 6.45) is 6.60. The van der Waals surface area contributed by atoms with Crippen molar-refractivity contribution in [3.8, 4) is 0 Å². The molecule has 0 radical (unpaired) electrons. The van der Waals surface area contributed by atoms with Crippen molar-refractivity contribution in [2.45, 2.75) is 18.6 Å². The molecule has 0 saturated carbocycles. The zero-order chi connectivity index (χ0) is 3.98. The van der Waals surface area contributed by atoms with Crippen molar-refractivity contribution in [3.63, 3.8) is 0 Å². The first kappa shape index (κ1) is 2.80. The van der Waals surface area contributed by atoms with Crippen LogP contribution in [0.1, 0.15) is 6.42 Å². The van der Waals surface area contributed by atoms with Gasteiger partial charge in [0.25, 0.3) is 0 Å². The van der Waals surface area contributed by atoms with E-state index in [9.17, 15) is 0 Å². The molecule has 0 unspecified atom stereocenters. The van der Waals surface area contributed by atoms with E-state index < -0.39 is 0 Å². The summed E-state index contributed by atoms with van der Waals surface area (Å²) in [7, 11) is 0. The molecule has 2 rings (SSSR count). The molecule has 1 saturated heterocycles. The minimum absolute atomic E-state index is 0.532. The Hall–Kier alpha value is -0.300. The zero-order valence-corrected chi connectivity index (χ0v) is 3.42. The maximum atomic E-state index is 5.07. The summed E-state index contributed by atoms with van der Waals surface area (Å²) in [5.74, 6) is 0. The van der Waals surface area contributed by atoms with Crippen LogP contribution >= 0.6 is 0 Å². The van der Waals surface area contributed by atoms with Crippen LogP contribution in [0.25, 0.3) is 0 Å². The second-order valence-electron chi connectivity index (χ2n) is 1.80. The van der Waals surface area contributed by atoms with Crippen LogP contribution in [-0.4, -0.2) is 12.2 Å². The van der Waals surface area contributed by atoms with Crippen molar-refractivity contribution in [2.24, 2.45) is 0 Å². The van der Waals surface area contributed by atoms with Gasteiger partial charge < -0.3 is 4.74 Å². The van der Waals surface area contributed by atoms with Crippen LogP contribution in [0.5, 0.6) is 0 Å². The fraction of sp³-hybridized carbons (Fsp3) is 0.600. The van der Waals surface area contributed by atoms with Gasteiger partial charge in [0, 0.05) is 0 Å². The summed E-state index contributed by atoms with van der Waals surface area (Å²) >= 11 is 0. The molecule has 0 aromatic rings. The van der Waals surface area contributed by atoms with E-state index in [4.69, 9.17) is 4.74 Å². The van der Waals surface area contributed by atoms with Gasteiger partial charge in [0.2, 0.25) is 0 Å². The third kappa shape index (κ3) is 0.197. The monoisotopic (exact) mass is 82.0 g/mol. The van der Waals surface area contributed by atoms with Gasteiger partial charge >= 0.3 is 0 Å². The average Bonchev–Trinajstić information content (AvgIpc) is 2.17. The number of epoxide rings is 1. The Morgan fingerprint density at radius 1 is 1.67 bits per heavy atom. The van der Waals surface area contributed by atoms with Crippen LogP contribution in [0, 0.1) is 0 Å². The molecule has 6 heavy (non-hydrogen) atoms. The Morgan fingerprint density at radius 3 is 2.83 bits per heavy atom. The lowest BCUT2D eigenvalue weighted by Gasteiger charge is -1.71. The van der Waals surface area contributed by atoms with Gasteiger partial charge in [0.1, 0.15) is 6.10 Å². The van der Waals surface area contributed by atoms with Crippen LogP contribution in [0.2, 0.25) is 0 Å². The van der Waals surface area contributed by atoms with Crippen LogP contribution < -0.4 is 0 Å². The van der Waals surface area contributed by atoms with Gasteiger partial charge in [-0.15, -0.1) is 0 Å². The van der Waals surface area contributed by atoms with Gasteiger partial charge in [-0.05, 0) is 6.42 Å². The number of hydrogen-bond acceptors (Lipinski definition) is 1. The number of hydrogen-bond donors (Lipinski definition) is 0. The molecule has 0 amide bonds. The smallest absolute Gasteiger partial charge is 0.103 e. The molecule has 1 aliphatic heterocycles. The molecule has 0 bridgehead atoms. The molecule has 0 N–H and O–H groups in total. The van der Waals surface area contributed by atoms with Crippen LogP contribution in [0.3, 0.4) is 0 Å². The molecule has 1 fully saturated rings. The summed E-state index contributed by atoms with van der Waals surface area (Å²) in [5.41, 5.74) is 0. The SMILES string of the molecule is C1=C[C@@H]2O[C@@H]2C1. The number of ether oxygens (including phenoxy) is 1. The molecular weight excluding hydrogens is 76.1 g/mol. The largest absolute Gasteiger partial charge is 0.365 e. The van der Waals surface area contributed by atoms with Crippen molar-refractivity contribution < 1.29 is 4.74 Å². The summed E-state index contributed by atoms with van der Waals surface area (Å²) in [6, 6.07) is 0. The predicted molar refractivity (Wildman–Crippen MR) is 22.4 cm³/mol. The van der Waals surface area contributed by atoms with Crippen molar-refractivity contribution in [1.29, 1.82) is 0 Å². The first-order chi connectivity index (χ1) is 2.97. The van der Waals surface area contributed by atoms with Gasteiger partial charge in [-0.2, -0.15) is 0 Å². The van der Waals surface area contributed by atoms with E-state index in [2.05, 4.69) is 12.2 Å². The average molecular weight is 82.1 g/mol. The summed E-state index contributed by atoms with van der Waals surface area (Å²) in [4.78, 5) is 0. The molecule has 0 aromatic carbocycles. The molecule has 0 spiro atoms. The quantitative estimate of drug-likeness (QED) is 0.310. The predicted octanol–water partition coefficient (Wildman–Crippen LogP) is 0.714. The topological polar surface area (TPSA) is 12.5 Å². The number of rotatable bonds is 0. The molecule has 2 atom stereocenters. The first-order valence-electron chi connectivity index (χ1n) is 2.29. The number of fused-ring (bicyclic) bond motifs is 1. The van der Waals surface area contributed by atoms with E-state index in [1.54, 1.807) is 0 Å². The molecule has 2 aliphatic rings. The van der Waals surface area contributed by atoms with Crippen molar-refractivity contribution in [1.82, 2.24) is 0 Å². The minimum atomic E-state index is 0.532. The normalized spacial score (nSPS) is 49.3. The van der Waals surface area contributed by atoms with Gasteiger partial charge in [-0.25, -0.2) is 0 Å². The van der Waals surface area contributed by atoms with E-state index in [0.29, 0.717) is 12.2 Å². The third-order valence-corrected chi connectivity index (χ3v) is 1.32. The van der Waals surface area contributed by atoms with Gasteiger partial charge in [0.15, 0.2) is 0 Å². The lowest BCUT2D eigenvalue weighted by Crippen LogP contribution is -1.75. The Kier molecular flexibility index (Phi) is 0.320. The third-order valence-electron chi connectivity index (χ3n) is 1.32. The standard InChI is InChI=1S/C5H6O/c1-2-4-5(3-1)6-4/h1-2,4-5H,3H2/t4-,5+/m0/s1. The fourth-order valence-corrected chi connectivity index (χ4v) is 0.862. The molecule has 1 heterocycles. The highest BCUT2D eigenvalue weighted by atomic mass is 16.6. The molecular formula is C5H6O. The van der Waals surface area contributed by atoms with E-state index in [1.165, 1.54) is 0 Å². The van der Waals surface area contributed by atoms with Gasteiger partial charge in [-0.3, -0.25) is 0 Å². The lowest BCUT2D eigenvalue weighted by molar-refractivity contribution is 0.382. The van der Waals surface area contributed by atoms with E-state index in [1.807, 2.05) is 0 Å². The second kappa shape index (κ2) is 0.684. The molecule has 1 heteroatoms. The highest BCUT2D eigenvalue weighted by Crippen LogP contribution is 2.31. The summed E-state index contributed by atoms with van der Waals surface area (Å²) < 4.78 is 5.07. The summed E-state index contributed by atoms with van der Waals surface area (Å²) in [6.45, 7) is 0. The van der Waals surface area contributed by atoms with Crippen molar-refractivity contribution >= 4 is 0 Å². The van der Waals surface area contributed by atoms with Crippen LogP contribution in [0.4, 0.5) is 0 Å².